The lowest BCUT2D eigenvalue weighted by molar-refractivity contribution is 0.535. The van der Waals surface area contributed by atoms with Gasteiger partial charge in [0.2, 0.25) is 4.96 Å². The Bertz CT molecular complexity index is 1280. The van der Waals surface area contributed by atoms with Crippen LogP contribution in [-0.4, -0.2) is 19.8 Å². The van der Waals surface area contributed by atoms with Gasteiger partial charge in [0.25, 0.3) is 0 Å². The van der Waals surface area contributed by atoms with E-state index in [4.69, 9.17) is 32.0 Å². The van der Waals surface area contributed by atoms with Gasteiger partial charge < -0.3 is 8.83 Å². The summed E-state index contributed by atoms with van der Waals surface area (Å²) in [6.45, 7) is 1.87. The van der Waals surface area contributed by atoms with Crippen molar-refractivity contribution in [2.45, 2.75) is 6.92 Å². The SMILES string of the molecule is Cc1occc1-c1nnc2sc(-c3ccc(-c4ccc(Cl)c(Cl)c4)o3)nn12. The first-order valence-corrected chi connectivity index (χ1v) is 9.50. The molecule has 0 radical (unpaired) electrons. The van der Waals surface area contributed by atoms with E-state index in [2.05, 4.69) is 15.3 Å². The number of aromatic nitrogens is 4. The quantitative estimate of drug-likeness (QED) is 0.361. The van der Waals surface area contributed by atoms with Crippen LogP contribution in [0.4, 0.5) is 0 Å². The molecule has 27 heavy (non-hydrogen) atoms. The number of hydrogen-bond donors (Lipinski definition) is 0. The van der Waals surface area contributed by atoms with Gasteiger partial charge in [0.1, 0.15) is 11.5 Å². The van der Waals surface area contributed by atoms with Crippen molar-refractivity contribution in [3.8, 4) is 33.5 Å². The van der Waals surface area contributed by atoms with Crippen LogP contribution in [0.15, 0.2) is 51.5 Å². The van der Waals surface area contributed by atoms with Crippen LogP contribution in [0, 0.1) is 6.92 Å². The van der Waals surface area contributed by atoms with Crippen LogP contribution in [0.3, 0.4) is 0 Å². The molecule has 0 saturated carbocycles. The van der Waals surface area contributed by atoms with E-state index in [-0.39, 0.29) is 0 Å². The highest BCUT2D eigenvalue weighted by Gasteiger charge is 2.19. The van der Waals surface area contributed by atoms with Gasteiger partial charge in [0, 0.05) is 5.56 Å². The third-order valence-electron chi connectivity index (χ3n) is 4.11. The largest absolute Gasteiger partial charge is 0.469 e. The number of hydrogen-bond acceptors (Lipinski definition) is 6. The average molecular weight is 417 g/mol. The smallest absolute Gasteiger partial charge is 0.235 e. The molecule has 9 heteroatoms. The van der Waals surface area contributed by atoms with Gasteiger partial charge in [-0.25, -0.2) is 0 Å². The fraction of sp³-hybridized carbons (Fsp3) is 0.0556. The minimum atomic E-state index is 0.478. The standard InChI is InChI=1S/C18H10Cl2N4O2S/c1-9-11(6-7-25-9)16-21-22-18-24(16)23-17(27-18)15-5-4-14(26-15)10-2-3-12(19)13(20)8-10/h2-8H,1H3. The third kappa shape index (κ3) is 2.75. The normalized spacial score (nSPS) is 11.5. The molecule has 0 aliphatic heterocycles. The molecule has 4 heterocycles. The molecule has 0 spiro atoms. The summed E-state index contributed by atoms with van der Waals surface area (Å²) < 4.78 is 13.0. The van der Waals surface area contributed by atoms with Gasteiger partial charge in [0.05, 0.1) is 21.9 Å². The number of halogens is 2. The number of nitrogens with zero attached hydrogens (tertiary/aromatic N) is 4. The van der Waals surface area contributed by atoms with Crippen molar-refractivity contribution in [3.05, 3.63) is 58.5 Å². The summed E-state index contributed by atoms with van der Waals surface area (Å²) in [5, 5.41) is 14.7. The van der Waals surface area contributed by atoms with E-state index in [1.807, 2.05) is 31.2 Å². The minimum absolute atomic E-state index is 0.478. The van der Waals surface area contributed by atoms with Crippen LogP contribution in [0.1, 0.15) is 5.76 Å². The lowest BCUT2D eigenvalue weighted by atomic mass is 10.2. The summed E-state index contributed by atoms with van der Waals surface area (Å²) in [6.07, 6.45) is 1.62. The fourth-order valence-corrected chi connectivity index (χ4v) is 3.86. The summed E-state index contributed by atoms with van der Waals surface area (Å²) in [4.78, 5) is 0.674. The number of benzene rings is 1. The van der Waals surface area contributed by atoms with Crippen LogP contribution in [0.25, 0.3) is 38.4 Å². The Balaban J connectivity index is 1.55. The molecule has 0 aliphatic rings. The summed E-state index contributed by atoms with van der Waals surface area (Å²) >= 11 is 13.5. The lowest BCUT2D eigenvalue weighted by Gasteiger charge is -1.99. The number of furan rings is 2. The summed E-state index contributed by atoms with van der Waals surface area (Å²) in [5.74, 6) is 2.72. The van der Waals surface area contributed by atoms with Crippen LogP contribution in [0.2, 0.25) is 10.0 Å². The Morgan fingerprint density at radius 1 is 1.00 bits per heavy atom. The van der Waals surface area contributed by atoms with Gasteiger partial charge in [-0.1, -0.05) is 34.5 Å². The second-order valence-electron chi connectivity index (χ2n) is 5.81. The molecule has 134 valence electrons. The van der Waals surface area contributed by atoms with E-state index in [9.17, 15) is 0 Å². The molecule has 1 aromatic carbocycles. The molecule has 5 rings (SSSR count). The first-order valence-electron chi connectivity index (χ1n) is 7.92. The monoisotopic (exact) mass is 416 g/mol. The second kappa shape index (κ2) is 6.23. The summed E-state index contributed by atoms with van der Waals surface area (Å²) in [7, 11) is 0. The van der Waals surface area contributed by atoms with Gasteiger partial charge >= 0.3 is 0 Å². The topological polar surface area (TPSA) is 69.4 Å². The molecule has 0 N–H and O–H groups in total. The molecule has 0 fully saturated rings. The van der Waals surface area contributed by atoms with Gasteiger partial charge in [-0.3, -0.25) is 0 Å². The molecule has 0 unspecified atom stereocenters. The van der Waals surface area contributed by atoms with E-state index in [1.165, 1.54) is 11.3 Å². The molecule has 0 atom stereocenters. The maximum absolute atomic E-state index is 6.10. The van der Waals surface area contributed by atoms with E-state index in [1.54, 1.807) is 22.9 Å². The summed E-state index contributed by atoms with van der Waals surface area (Å²) in [6, 6.07) is 11.0. The van der Waals surface area contributed by atoms with Gasteiger partial charge in [0.15, 0.2) is 16.6 Å². The zero-order chi connectivity index (χ0) is 18.5. The Morgan fingerprint density at radius 3 is 2.63 bits per heavy atom. The third-order valence-corrected chi connectivity index (χ3v) is 5.76. The zero-order valence-corrected chi connectivity index (χ0v) is 16.1. The number of fused-ring (bicyclic) bond motifs is 1. The Labute approximate surface area is 167 Å². The van der Waals surface area contributed by atoms with Crippen molar-refractivity contribution in [2.24, 2.45) is 0 Å². The van der Waals surface area contributed by atoms with Crippen molar-refractivity contribution >= 4 is 39.5 Å². The van der Waals surface area contributed by atoms with Crippen LogP contribution < -0.4 is 0 Å². The molecule has 4 aromatic heterocycles. The van der Waals surface area contributed by atoms with Crippen LogP contribution >= 0.6 is 34.5 Å². The Morgan fingerprint density at radius 2 is 1.85 bits per heavy atom. The van der Waals surface area contributed by atoms with Gasteiger partial charge in [-0.2, -0.15) is 4.52 Å². The number of rotatable bonds is 3. The van der Waals surface area contributed by atoms with Crippen molar-refractivity contribution in [1.29, 1.82) is 0 Å². The van der Waals surface area contributed by atoms with Crippen LogP contribution in [0.5, 0.6) is 0 Å². The molecular formula is C18H10Cl2N4O2S. The molecule has 0 saturated heterocycles. The predicted octanol–water partition coefficient (Wildman–Crippen LogP) is 5.99. The fourth-order valence-electron chi connectivity index (χ4n) is 2.76. The molecule has 5 aromatic rings. The van der Waals surface area contributed by atoms with E-state index in [0.717, 1.165) is 16.9 Å². The Kier molecular flexibility index (Phi) is 3.82. The highest BCUT2D eigenvalue weighted by Crippen LogP contribution is 2.34. The highest BCUT2D eigenvalue weighted by atomic mass is 35.5. The molecule has 0 bridgehead atoms. The maximum Gasteiger partial charge on any atom is 0.235 e. The van der Waals surface area contributed by atoms with Gasteiger partial charge in [-0.05, 0) is 43.3 Å². The van der Waals surface area contributed by atoms with Crippen molar-refractivity contribution in [1.82, 2.24) is 19.8 Å². The van der Waals surface area contributed by atoms with Crippen molar-refractivity contribution in [2.75, 3.05) is 0 Å². The highest BCUT2D eigenvalue weighted by molar-refractivity contribution is 7.19. The van der Waals surface area contributed by atoms with E-state index < -0.39 is 0 Å². The van der Waals surface area contributed by atoms with Gasteiger partial charge in [-0.15, -0.1) is 15.3 Å². The first kappa shape index (κ1) is 16.6. The minimum Gasteiger partial charge on any atom is -0.469 e. The van der Waals surface area contributed by atoms with Crippen molar-refractivity contribution in [3.63, 3.8) is 0 Å². The van der Waals surface area contributed by atoms with E-state index in [0.29, 0.717) is 37.4 Å². The molecular weight excluding hydrogens is 407 g/mol. The number of aryl methyl sites for hydroxylation is 1. The predicted molar refractivity (Wildman–Crippen MR) is 104 cm³/mol. The van der Waals surface area contributed by atoms with Crippen molar-refractivity contribution < 1.29 is 8.83 Å². The second-order valence-corrected chi connectivity index (χ2v) is 7.58. The summed E-state index contributed by atoms with van der Waals surface area (Å²) in [5.41, 5.74) is 1.70. The molecule has 0 amide bonds. The van der Waals surface area contributed by atoms with E-state index >= 15 is 0 Å². The zero-order valence-electron chi connectivity index (χ0n) is 13.8. The maximum atomic E-state index is 6.10. The first-order chi connectivity index (χ1) is 13.1. The molecule has 6 nitrogen and oxygen atoms in total. The average Bonchev–Trinajstić information content (AvgIpc) is 3.40. The molecule has 0 aliphatic carbocycles. The van der Waals surface area contributed by atoms with Crippen LogP contribution in [-0.2, 0) is 0 Å². The lowest BCUT2D eigenvalue weighted by Crippen LogP contribution is -1.90. The Hall–Kier alpha value is -2.61.